The Kier molecular flexibility index (Phi) is 9.49. The van der Waals surface area contributed by atoms with Gasteiger partial charge in [-0.3, -0.25) is 0 Å². The van der Waals surface area contributed by atoms with E-state index in [0.717, 1.165) is 42.3 Å². The molecule has 3 atom stereocenters. The second-order valence-corrected chi connectivity index (χ2v) is 16.9. The van der Waals surface area contributed by atoms with E-state index in [0.29, 0.717) is 6.61 Å². The van der Waals surface area contributed by atoms with Gasteiger partial charge in [0.05, 0.1) is 11.2 Å². The second-order valence-electron chi connectivity index (χ2n) is 16.9. The van der Waals surface area contributed by atoms with Gasteiger partial charge >= 0.3 is 7.12 Å². The van der Waals surface area contributed by atoms with Crippen LogP contribution in [0.1, 0.15) is 99.1 Å². The molecule has 6 rings (SSSR count). The number of rotatable bonds is 8. The smallest absolute Gasteiger partial charge is 0.399 e. The maximum absolute atomic E-state index is 7.13. The summed E-state index contributed by atoms with van der Waals surface area (Å²) in [5.74, 6) is 0. The molecule has 0 aromatic heterocycles. The summed E-state index contributed by atoms with van der Waals surface area (Å²) < 4.78 is 27.2. The molecule has 3 aliphatic rings. The van der Waals surface area contributed by atoms with Crippen LogP contribution in [0.5, 0.6) is 0 Å². The molecule has 0 spiro atoms. The van der Waals surface area contributed by atoms with Gasteiger partial charge in [0, 0.05) is 12.0 Å². The minimum Gasteiger partial charge on any atom is -0.399 e. The summed E-state index contributed by atoms with van der Waals surface area (Å²) in [6, 6.07) is 30.5. The summed E-state index contributed by atoms with van der Waals surface area (Å²) >= 11 is 0. The Bertz CT molecular complexity index is 1610. The summed E-state index contributed by atoms with van der Waals surface area (Å²) in [6.07, 6.45) is 8.25. The van der Waals surface area contributed by atoms with E-state index in [-0.39, 0.29) is 17.1 Å². The molecular weight excluding hydrogens is 591 g/mol. The van der Waals surface area contributed by atoms with Gasteiger partial charge in [0.2, 0.25) is 0 Å². The van der Waals surface area contributed by atoms with Crippen molar-refractivity contribution in [2.75, 3.05) is 6.61 Å². The maximum Gasteiger partial charge on any atom is 0.493 e. The molecule has 1 aliphatic carbocycles. The van der Waals surface area contributed by atoms with Gasteiger partial charge in [-0.2, -0.15) is 0 Å². The largest absolute Gasteiger partial charge is 0.493 e. The van der Waals surface area contributed by atoms with Crippen LogP contribution >= 0.6 is 0 Å². The molecule has 4 nitrogen and oxygen atoms in total. The standard InChI is InChI=1S/C43H55BO4/c1-39(2,3)30-40(4,5)43(34-23-14-11-15-24-34)28-35(33-22-18-21-32(27-33)31-19-12-10-13-20-31)38(46-37-25-16-17-26-45-37)36(29-43)44-47-41(6,7)42(8,9)48-44/h10-15,18-24,27-29,37-38H,16-17,25-26,30H2,1-9H3. The van der Waals surface area contributed by atoms with E-state index >= 15 is 0 Å². The van der Waals surface area contributed by atoms with Crippen LogP contribution < -0.4 is 0 Å². The van der Waals surface area contributed by atoms with Gasteiger partial charge in [-0.1, -0.05) is 126 Å². The Hall–Kier alpha value is -2.96. The van der Waals surface area contributed by atoms with Crippen LogP contribution in [0.15, 0.2) is 103 Å². The predicted molar refractivity (Wildman–Crippen MR) is 198 cm³/mol. The van der Waals surface area contributed by atoms with Crippen LogP contribution in [-0.2, 0) is 24.2 Å². The van der Waals surface area contributed by atoms with Gasteiger partial charge in [0.25, 0.3) is 0 Å². The highest BCUT2D eigenvalue weighted by molar-refractivity contribution is 6.55. The highest BCUT2D eigenvalue weighted by atomic mass is 16.7. The van der Waals surface area contributed by atoms with Crippen molar-refractivity contribution in [2.24, 2.45) is 10.8 Å². The summed E-state index contributed by atoms with van der Waals surface area (Å²) in [6.45, 7) is 21.1. The van der Waals surface area contributed by atoms with Crippen molar-refractivity contribution in [1.82, 2.24) is 0 Å². The van der Waals surface area contributed by atoms with E-state index in [4.69, 9.17) is 18.8 Å². The van der Waals surface area contributed by atoms with Crippen molar-refractivity contribution < 1.29 is 18.8 Å². The fraction of sp³-hybridized carbons (Fsp3) is 0.488. The highest BCUT2D eigenvalue weighted by Gasteiger charge is 2.57. The van der Waals surface area contributed by atoms with E-state index in [1.165, 1.54) is 16.7 Å². The van der Waals surface area contributed by atoms with E-state index in [2.05, 4.69) is 159 Å². The lowest BCUT2D eigenvalue weighted by Crippen LogP contribution is -2.47. The first-order chi connectivity index (χ1) is 22.6. The number of allylic oxidation sites excluding steroid dienone is 2. The highest BCUT2D eigenvalue weighted by Crippen LogP contribution is 2.56. The number of benzene rings is 3. The van der Waals surface area contributed by atoms with Crippen molar-refractivity contribution in [1.29, 1.82) is 0 Å². The van der Waals surface area contributed by atoms with Crippen LogP contribution in [0.25, 0.3) is 16.7 Å². The minimum atomic E-state index is -0.585. The molecule has 5 heteroatoms. The maximum atomic E-state index is 7.13. The van der Waals surface area contributed by atoms with Gasteiger partial charge in [0.15, 0.2) is 6.29 Å². The third-order valence-corrected chi connectivity index (χ3v) is 11.0. The van der Waals surface area contributed by atoms with Crippen molar-refractivity contribution in [3.63, 3.8) is 0 Å². The average Bonchev–Trinajstić information content (AvgIpc) is 3.27. The zero-order valence-electron chi connectivity index (χ0n) is 30.6. The van der Waals surface area contributed by atoms with Crippen molar-refractivity contribution in [2.45, 2.75) is 117 Å². The predicted octanol–water partition coefficient (Wildman–Crippen LogP) is 10.6. The third-order valence-electron chi connectivity index (χ3n) is 11.0. The molecule has 2 fully saturated rings. The normalized spacial score (nSPS) is 25.8. The first-order valence-corrected chi connectivity index (χ1v) is 17.9. The zero-order valence-corrected chi connectivity index (χ0v) is 30.6. The molecule has 2 saturated heterocycles. The van der Waals surface area contributed by atoms with E-state index in [1.54, 1.807) is 0 Å². The quantitative estimate of drug-likeness (QED) is 0.228. The van der Waals surface area contributed by atoms with Crippen molar-refractivity contribution in [3.05, 3.63) is 114 Å². The third kappa shape index (κ3) is 6.90. The molecule has 3 aromatic rings. The average molecular weight is 647 g/mol. The second kappa shape index (κ2) is 13.1. The summed E-state index contributed by atoms with van der Waals surface area (Å²) in [5.41, 5.74) is 5.26. The molecule has 0 bridgehead atoms. The molecular formula is C43H55BO4. The van der Waals surface area contributed by atoms with E-state index in [9.17, 15) is 0 Å². The van der Waals surface area contributed by atoms with Crippen molar-refractivity contribution in [3.8, 4) is 11.1 Å². The van der Waals surface area contributed by atoms with Crippen LogP contribution in [0.4, 0.5) is 0 Å². The van der Waals surface area contributed by atoms with E-state index in [1.807, 2.05) is 0 Å². The molecule has 0 amide bonds. The molecule has 0 N–H and O–H groups in total. The summed E-state index contributed by atoms with van der Waals surface area (Å²) in [4.78, 5) is 0. The first-order valence-electron chi connectivity index (χ1n) is 17.9. The zero-order chi connectivity index (χ0) is 34.4. The first kappa shape index (κ1) is 34.9. The Labute approximate surface area is 290 Å². The number of hydrogen-bond donors (Lipinski definition) is 0. The van der Waals surface area contributed by atoms with Crippen molar-refractivity contribution >= 4 is 12.7 Å². The Morgan fingerprint density at radius 2 is 1.33 bits per heavy atom. The molecule has 254 valence electrons. The Morgan fingerprint density at radius 1 is 0.729 bits per heavy atom. The van der Waals surface area contributed by atoms with Gasteiger partial charge in [-0.05, 0) is 104 Å². The minimum absolute atomic E-state index is 0.0914. The molecule has 0 saturated carbocycles. The van der Waals surface area contributed by atoms with Crippen LogP contribution in [0, 0.1) is 10.8 Å². The van der Waals surface area contributed by atoms with Crippen LogP contribution in [0.2, 0.25) is 0 Å². The van der Waals surface area contributed by atoms with Gasteiger partial charge < -0.3 is 18.8 Å². The molecule has 0 radical (unpaired) electrons. The SMILES string of the molecule is CC(C)(C)CC(C)(C)C1(c2ccccc2)C=C(B2OC(C)(C)C(C)(C)O2)C(OC2CCCCO2)C(c2cccc(-c3ccccc3)c2)=C1. The summed E-state index contributed by atoms with van der Waals surface area (Å²) in [7, 11) is -0.585. The fourth-order valence-electron chi connectivity index (χ4n) is 8.05. The Balaban J connectivity index is 1.62. The topological polar surface area (TPSA) is 36.9 Å². The van der Waals surface area contributed by atoms with Gasteiger partial charge in [0.1, 0.15) is 6.10 Å². The molecule has 48 heavy (non-hydrogen) atoms. The Morgan fingerprint density at radius 3 is 1.94 bits per heavy atom. The monoisotopic (exact) mass is 646 g/mol. The van der Waals surface area contributed by atoms with Gasteiger partial charge in [-0.25, -0.2) is 0 Å². The molecule has 2 aliphatic heterocycles. The molecule has 3 aromatic carbocycles. The number of ether oxygens (including phenoxy) is 2. The summed E-state index contributed by atoms with van der Waals surface area (Å²) in [5, 5.41) is 0. The fourth-order valence-corrected chi connectivity index (χ4v) is 8.05. The van der Waals surface area contributed by atoms with Crippen LogP contribution in [0.3, 0.4) is 0 Å². The molecule has 3 unspecified atom stereocenters. The van der Waals surface area contributed by atoms with E-state index < -0.39 is 29.8 Å². The lowest BCUT2D eigenvalue weighted by Gasteiger charge is -2.50. The lowest BCUT2D eigenvalue weighted by molar-refractivity contribution is -0.169. The lowest BCUT2D eigenvalue weighted by atomic mass is 9.52. The molecule has 2 heterocycles. The number of hydrogen-bond acceptors (Lipinski definition) is 4. The van der Waals surface area contributed by atoms with Crippen LogP contribution in [-0.4, -0.2) is 37.3 Å². The van der Waals surface area contributed by atoms with Gasteiger partial charge in [-0.15, -0.1) is 0 Å².